The molecule has 41 heavy (non-hydrogen) atoms. The zero-order valence-corrected chi connectivity index (χ0v) is 24.1. The molecule has 0 aromatic carbocycles. The van der Waals surface area contributed by atoms with E-state index in [9.17, 15) is 29.1 Å². The number of aliphatic hydroxyl groups is 1. The fraction of sp³-hybridized carbons (Fsp3) is 0.516. The van der Waals surface area contributed by atoms with Gasteiger partial charge in [0.05, 0.1) is 19.6 Å². The van der Waals surface area contributed by atoms with E-state index < -0.39 is 69.9 Å². The maximum atomic E-state index is 14.0. The molecule has 10 heteroatoms. The molecule has 0 radical (unpaired) electrons. The molecule has 1 aliphatic heterocycles. The van der Waals surface area contributed by atoms with Crippen molar-refractivity contribution in [1.82, 2.24) is 0 Å². The fourth-order valence-corrected chi connectivity index (χ4v) is 6.53. The van der Waals surface area contributed by atoms with Crippen LogP contribution in [0.25, 0.3) is 0 Å². The lowest BCUT2D eigenvalue weighted by Crippen LogP contribution is -2.62. The average Bonchev–Trinajstić information content (AvgIpc) is 3.45. The summed E-state index contributed by atoms with van der Waals surface area (Å²) in [5, 5.41) is 12.5. The van der Waals surface area contributed by atoms with Crippen LogP contribution in [0.3, 0.4) is 0 Å². The second-order valence-corrected chi connectivity index (χ2v) is 12.1. The fourth-order valence-electron chi connectivity index (χ4n) is 6.53. The Morgan fingerprint density at radius 3 is 2.49 bits per heavy atom. The Balaban J connectivity index is 1.92. The van der Waals surface area contributed by atoms with Crippen LogP contribution in [0.5, 0.6) is 0 Å². The summed E-state index contributed by atoms with van der Waals surface area (Å²) in [5.41, 5.74) is -4.11. The number of allylic oxidation sites excluding steroid dienone is 1. The lowest BCUT2D eigenvalue weighted by Gasteiger charge is -2.52. The summed E-state index contributed by atoms with van der Waals surface area (Å²) in [5.74, 6) is -4.67. The molecular formula is C31H36O10. The third kappa shape index (κ3) is 4.98. The van der Waals surface area contributed by atoms with Crippen molar-refractivity contribution >= 4 is 29.5 Å². The number of hydrogen-bond donors (Lipinski definition) is 1. The summed E-state index contributed by atoms with van der Waals surface area (Å²) in [7, 11) is 1.26. The van der Waals surface area contributed by atoms with Crippen LogP contribution in [0, 0.1) is 22.7 Å². The molecule has 1 saturated carbocycles. The summed E-state index contributed by atoms with van der Waals surface area (Å²) in [6.07, 6.45) is 2.74. The first-order valence-electron chi connectivity index (χ1n) is 13.5. The van der Waals surface area contributed by atoms with Gasteiger partial charge < -0.3 is 23.7 Å². The van der Waals surface area contributed by atoms with Crippen molar-refractivity contribution < 1.29 is 47.7 Å². The zero-order valence-electron chi connectivity index (χ0n) is 24.1. The standard InChI is InChI=1S/C31H36O10/c1-16(2)28(36)41-27(19-14-29(4,5)20(12-23(33)38-7)17(3)25(19)35)31(37)21-13-24(34)40-26(18-9-11-39-15-18)30(21,6)10-8-22(31)32/h9,11,13-15,17,20,26-27,37H,1,8,10,12H2,2-7H3/t17-,20-,26+,27-,30-,31+/m1/s1. The maximum Gasteiger partial charge on any atom is 0.333 e. The Kier molecular flexibility index (Phi) is 7.77. The van der Waals surface area contributed by atoms with Crippen LogP contribution < -0.4 is 0 Å². The molecule has 0 saturated heterocycles. The third-order valence-electron chi connectivity index (χ3n) is 8.88. The Bertz CT molecular complexity index is 1360. The van der Waals surface area contributed by atoms with Crippen molar-refractivity contribution in [2.24, 2.45) is 22.7 Å². The van der Waals surface area contributed by atoms with Crippen LogP contribution >= 0.6 is 0 Å². The SMILES string of the molecule is C=C(C)C(=O)O[C@H](C1=CC(C)(C)[C@H](CC(=O)OC)[C@@H](C)C1=O)[C@@]1(O)C(=O)CC[C@]2(C)C1=CC(=O)O[C@H]2c1ccoc1. The van der Waals surface area contributed by atoms with Crippen LogP contribution in [0.2, 0.25) is 0 Å². The molecule has 2 heterocycles. The molecule has 1 fully saturated rings. The molecule has 0 unspecified atom stereocenters. The number of cyclic esters (lactones) is 1. The summed E-state index contributed by atoms with van der Waals surface area (Å²) in [4.78, 5) is 65.8. The Morgan fingerprint density at radius 1 is 1.22 bits per heavy atom. The predicted octanol–water partition coefficient (Wildman–Crippen LogP) is 3.74. The molecule has 3 aliphatic rings. The monoisotopic (exact) mass is 568 g/mol. The third-order valence-corrected chi connectivity index (χ3v) is 8.88. The number of Topliss-reactive ketones (excluding diaryl/α,β-unsaturated/α-hetero) is 2. The van der Waals surface area contributed by atoms with Gasteiger partial charge in [-0.2, -0.15) is 0 Å². The van der Waals surface area contributed by atoms with Crippen molar-refractivity contribution in [1.29, 1.82) is 0 Å². The summed E-state index contributed by atoms with van der Waals surface area (Å²) in [6.45, 7) is 12.0. The van der Waals surface area contributed by atoms with Gasteiger partial charge in [-0.05, 0) is 36.3 Å². The van der Waals surface area contributed by atoms with Gasteiger partial charge in [-0.3, -0.25) is 14.4 Å². The van der Waals surface area contributed by atoms with E-state index in [1.807, 2.05) is 13.8 Å². The van der Waals surface area contributed by atoms with E-state index in [1.54, 1.807) is 26.0 Å². The molecule has 0 bridgehead atoms. The van der Waals surface area contributed by atoms with Gasteiger partial charge in [-0.25, -0.2) is 9.59 Å². The minimum absolute atomic E-state index is 0.0148. The van der Waals surface area contributed by atoms with Gasteiger partial charge in [-0.15, -0.1) is 0 Å². The van der Waals surface area contributed by atoms with E-state index in [2.05, 4.69) is 6.58 Å². The first kappa shape index (κ1) is 30.2. The van der Waals surface area contributed by atoms with Crippen LogP contribution in [-0.2, 0) is 38.2 Å². The number of carbonyl (C=O) groups excluding carboxylic acids is 5. The number of carbonyl (C=O) groups is 5. The van der Waals surface area contributed by atoms with Crippen molar-refractivity contribution in [2.45, 2.75) is 71.7 Å². The second kappa shape index (κ2) is 10.6. The first-order chi connectivity index (χ1) is 19.1. The maximum absolute atomic E-state index is 14.0. The first-order valence-corrected chi connectivity index (χ1v) is 13.5. The molecule has 2 aliphatic carbocycles. The molecule has 1 N–H and O–H groups in total. The average molecular weight is 569 g/mol. The molecular weight excluding hydrogens is 532 g/mol. The van der Waals surface area contributed by atoms with Gasteiger partial charge >= 0.3 is 17.9 Å². The van der Waals surface area contributed by atoms with Crippen molar-refractivity contribution in [3.05, 3.63) is 59.6 Å². The van der Waals surface area contributed by atoms with Crippen molar-refractivity contribution in [3.63, 3.8) is 0 Å². The number of methoxy groups -OCH3 is 1. The normalized spacial score (nSPS) is 31.7. The minimum Gasteiger partial charge on any atom is -0.472 e. The molecule has 1 aromatic heterocycles. The number of ketones is 2. The van der Waals surface area contributed by atoms with E-state index in [0.29, 0.717) is 5.56 Å². The summed E-state index contributed by atoms with van der Waals surface area (Å²) >= 11 is 0. The molecule has 1 aromatic rings. The number of rotatable bonds is 7. The van der Waals surface area contributed by atoms with E-state index in [-0.39, 0.29) is 36.0 Å². The molecule has 0 spiro atoms. The van der Waals surface area contributed by atoms with Gasteiger partial charge in [0.2, 0.25) is 0 Å². The molecule has 220 valence electrons. The number of furan rings is 1. The van der Waals surface area contributed by atoms with Gasteiger partial charge in [0.25, 0.3) is 0 Å². The second-order valence-electron chi connectivity index (χ2n) is 12.1. The van der Waals surface area contributed by atoms with Crippen molar-refractivity contribution in [2.75, 3.05) is 7.11 Å². The van der Waals surface area contributed by atoms with Gasteiger partial charge in [0, 0.05) is 47.0 Å². The predicted molar refractivity (Wildman–Crippen MR) is 144 cm³/mol. The van der Waals surface area contributed by atoms with Gasteiger partial charge in [0.1, 0.15) is 6.10 Å². The summed E-state index contributed by atoms with van der Waals surface area (Å²) < 4.78 is 21.5. The van der Waals surface area contributed by atoms with Crippen LogP contribution in [0.4, 0.5) is 0 Å². The molecule has 6 atom stereocenters. The van der Waals surface area contributed by atoms with E-state index in [1.165, 1.54) is 26.6 Å². The lowest BCUT2D eigenvalue weighted by molar-refractivity contribution is -0.173. The number of hydrogen-bond acceptors (Lipinski definition) is 10. The summed E-state index contributed by atoms with van der Waals surface area (Å²) in [6, 6.07) is 1.62. The number of esters is 3. The molecule has 10 nitrogen and oxygen atoms in total. The largest absolute Gasteiger partial charge is 0.472 e. The topological polar surface area (TPSA) is 146 Å². The number of ether oxygens (including phenoxy) is 3. The zero-order chi connectivity index (χ0) is 30.5. The van der Waals surface area contributed by atoms with E-state index in [4.69, 9.17) is 18.6 Å². The highest BCUT2D eigenvalue weighted by Crippen LogP contribution is 2.57. The Morgan fingerprint density at radius 2 is 1.90 bits per heavy atom. The van der Waals surface area contributed by atoms with Gasteiger partial charge in [0.15, 0.2) is 23.3 Å². The van der Waals surface area contributed by atoms with Crippen LogP contribution in [0.1, 0.15) is 65.5 Å². The van der Waals surface area contributed by atoms with Crippen LogP contribution in [-0.4, -0.2) is 53.4 Å². The quantitative estimate of drug-likeness (QED) is 0.293. The van der Waals surface area contributed by atoms with Crippen LogP contribution in [0.15, 0.2) is 58.5 Å². The smallest absolute Gasteiger partial charge is 0.333 e. The molecule has 0 amide bonds. The Labute approximate surface area is 238 Å². The minimum atomic E-state index is -2.58. The number of fused-ring (bicyclic) bond motifs is 1. The lowest BCUT2D eigenvalue weighted by atomic mass is 9.56. The highest BCUT2D eigenvalue weighted by atomic mass is 16.6. The van der Waals surface area contributed by atoms with Gasteiger partial charge in [-0.1, -0.05) is 40.3 Å². The Hall–Kier alpha value is -3.79. The van der Waals surface area contributed by atoms with E-state index >= 15 is 0 Å². The van der Waals surface area contributed by atoms with E-state index in [0.717, 1.165) is 6.08 Å². The highest BCUT2D eigenvalue weighted by molar-refractivity contribution is 6.04. The highest BCUT2D eigenvalue weighted by Gasteiger charge is 2.64. The molecule has 4 rings (SSSR count). The van der Waals surface area contributed by atoms with Crippen molar-refractivity contribution in [3.8, 4) is 0 Å².